The summed E-state index contributed by atoms with van der Waals surface area (Å²) in [6.45, 7) is 3.61. The van der Waals surface area contributed by atoms with Crippen molar-refractivity contribution in [1.29, 1.82) is 0 Å². The molecule has 0 saturated heterocycles. The Hall–Kier alpha value is -3.67. The fourth-order valence-corrected chi connectivity index (χ4v) is 4.01. The number of allylic oxidation sites excluding steroid dienone is 2. The lowest BCUT2D eigenvalue weighted by Gasteiger charge is -2.26. The number of benzene rings is 2. The highest BCUT2D eigenvalue weighted by atomic mass is 16.5. The second kappa shape index (κ2) is 6.17. The third kappa shape index (κ3) is 2.60. The van der Waals surface area contributed by atoms with Crippen molar-refractivity contribution in [3.63, 3.8) is 0 Å². The zero-order chi connectivity index (χ0) is 20.3. The summed E-state index contributed by atoms with van der Waals surface area (Å²) in [4.78, 5) is 40.7. The number of nitrogens with one attached hydrogen (secondary N) is 1. The van der Waals surface area contributed by atoms with Crippen LogP contribution in [0.4, 0.5) is 0 Å². The molecule has 3 aromatic rings. The summed E-state index contributed by atoms with van der Waals surface area (Å²) >= 11 is 0. The van der Waals surface area contributed by atoms with Crippen molar-refractivity contribution in [2.24, 2.45) is 0 Å². The van der Waals surface area contributed by atoms with Gasteiger partial charge in [0, 0.05) is 22.6 Å². The molecule has 0 radical (unpaired) electrons. The Bertz CT molecular complexity index is 1310. The largest absolute Gasteiger partial charge is 0.452 e. The molecule has 6 nitrogen and oxygen atoms in total. The molecule has 2 aromatic carbocycles. The van der Waals surface area contributed by atoms with E-state index in [1.165, 1.54) is 0 Å². The first-order chi connectivity index (χ1) is 13.9. The minimum Gasteiger partial charge on any atom is -0.452 e. The highest BCUT2D eigenvalue weighted by Crippen LogP contribution is 2.48. The molecule has 3 heterocycles. The summed E-state index contributed by atoms with van der Waals surface area (Å²) in [5, 5.41) is 0.858. The molecule has 1 N–H and O–H groups in total. The van der Waals surface area contributed by atoms with Crippen LogP contribution >= 0.6 is 0 Å². The van der Waals surface area contributed by atoms with Crippen LogP contribution in [-0.2, 0) is 4.79 Å². The smallest absolute Gasteiger partial charge is 0.312 e. The highest BCUT2D eigenvalue weighted by molar-refractivity contribution is 6.13. The molecule has 6 heteroatoms. The van der Waals surface area contributed by atoms with Gasteiger partial charge in [0.25, 0.3) is 5.56 Å². The first-order valence-corrected chi connectivity index (χ1v) is 9.33. The van der Waals surface area contributed by atoms with Crippen LogP contribution in [0.15, 0.2) is 58.6 Å². The van der Waals surface area contributed by atoms with Crippen LogP contribution < -0.4 is 15.0 Å². The van der Waals surface area contributed by atoms with Crippen molar-refractivity contribution in [2.45, 2.75) is 26.2 Å². The number of rotatable bonds is 1. The van der Waals surface area contributed by atoms with E-state index in [0.717, 1.165) is 16.5 Å². The highest BCUT2D eigenvalue weighted by Gasteiger charge is 2.39. The fourth-order valence-electron chi connectivity index (χ4n) is 4.01. The molecule has 144 valence electrons. The number of hydrogen-bond acceptors (Lipinski definition) is 5. The Morgan fingerprint density at radius 3 is 2.62 bits per heavy atom. The molecule has 29 heavy (non-hydrogen) atoms. The van der Waals surface area contributed by atoms with E-state index in [1.54, 1.807) is 32.0 Å². The lowest BCUT2D eigenvalue weighted by Crippen LogP contribution is -2.26. The number of carbonyl (C=O) groups excluding carboxylic acids is 2. The summed E-state index contributed by atoms with van der Waals surface area (Å²) in [6.07, 6.45) is -0.00736. The van der Waals surface area contributed by atoms with Crippen molar-refractivity contribution in [3.05, 3.63) is 80.8 Å². The second-order valence-electron chi connectivity index (χ2n) is 7.49. The zero-order valence-corrected chi connectivity index (χ0v) is 15.9. The maximum atomic E-state index is 12.9. The van der Waals surface area contributed by atoms with Gasteiger partial charge in [-0.2, -0.15) is 0 Å². The number of pyridine rings is 1. The van der Waals surface area contributed by atoms with E-state index in [2.05, 4.69) is 4.98 Å². The lowest BCUT2D eigenvalue weighted by molar-refractivity contribution is -0.135. The molecule has 0 bridgehead atoms. The van der Waals surface area contributed by atoms with Gasteiger partial charge in [-0.05, 0) is 49.1 Å². The molecule has 2 aliphatic rings. The van der Waals surface area contributed by atoms with Crippen molar-refractivity contribution in [2.75, 3.05) is 0 Å². The molecular formula is C23H17NO5. The molecule has 0 saturated carbocycles. The number of hydrogen-bond donors (Lipinski definition) is 1. The molecule has 0 fully saturated rings. The number of ketones is 1. The Labute approximate surface area is 165 Å². The van der Waals surface area contributed by atoms with Gasteiger partial charge >= 0.3 is 5.97 Å². The van der Waals surface area contributed by atoms with Crippen molar-refractivity contribution in [1.82, 2.24) is 4.98 Å². The van der Waals surface area contributed by atoms with Gasteiger partial charge in [-0.15, -0.1) is 0 Å². The van der Waals surface area contributed by atoms with Gasteiger partial charge in [-0.3, -0.25) is 14.4 Å². The number of aromatic amines is 1. The molecule has 2 aliphatic heterocycles. The summed E-state index contributed by atoms with van der Waals surface area (Å²) in [6, 6.07) is 12.4. The van der Waals surface area contributed by atoms with Crippen LogP contribution in [0.3, 0.4) is 0 Å². The predicted molar refractivity (Wildman–Crippen MR) is 106 cm³/mol. The van der Waals surface area contributed by atoms with Gasteiger partial charge in [0.05, 0.1) is 12.0 Å². The normalized spacial score (nSPS) is 17.6. The van der Waals surface area contributed by atoms with Gasteiger partial charge < -0.3 is 14.5 Å². The van der Waals surface area contributed by atoms with Crippen molar-refractivity contribution in [3.8, 4) is 11.5 Å². The van der Waals surface area contributed by atoms with E-state index in [1.807, 2.05) is 24.3 Å². The topological polar surface area (TPSA) is 85.5 Å². The maximum Gasteiger partial charge on any atom is 0.312 e. The SMILES string of the molecule is CC(C)=C1Oc2c(ccc3c2[C@@H](c2cc4ccccc4[nH]c2=O)CC(=O)O3)C1=O. The Balaban J connectivity index is 1.76. The quantitative estimate of drug-likeness (QED) is 0.390. The minimum absolute atomic E-state index is 0.00736. The van der Waals surface area contributed by atoms with Gasteiger partial charge in [0.1, 0.15) is 11.5 Å². The molecular weight excluding hydrogens is 370 g/mol. The maximum absolute atomic E-state index is 12.9. The van der Waals surface area contributed by atoms with Crippen LogP contribution in [0.1, 0.15) is 47.7 Å². The van der Waals surface area contributed by atoms with Gasteiger partial charge in [-0.1, -0.05) is 18.2 Å². The molecule has 5 rings (SSSR count). The summed E-state index contributed by atoms with van der Waals surface area (Å²) in [5.41, 5.74) is 2.62. The second-order valence-corrected chi connectivity index (χ2v) is 7.49. The van der Waals surface area contributed by atoms with Crippen LogP contribution in [0.2, 0.25) is 0 Å². The molecule has 1 atom stereocenters. The van der Waals surface area contributed by atoms with E-state index >= 15 is 0 Å². The van der Waals surface area contributed by atoms with Gasteiger partial charge in [0.15, 0.2) is 5.76 Å². The Morgan fingerprint density at radius 1 is 1.03 bits per heavy atom. The summed E-state index contributed by atoms with van der Waals surface area (Å²) < 4.78 is 11.3. The van der Waals surface area contributed by atoms with Crippen molar-refractivity contribution < 1.29 is 19.1 Å². The van der Waals surface area contributed by atoms with Crippen LogP contribution in [0.25, 0.3) is 10.9 Å². The van der Waals surface area contributed by atoms with Gasteiger partial charge in [0.2, 0.25) is 5.78 Å². The van der Waals surface area contributed by atoms with E-state index in [0.29, 0.717) is 28.2 Å². The van der Waals surface area contributed by atoms with Crippen LogP contribution in [0, 0.1) is 0 Å². The number of Topliss-reactive ketones (excluding diaryl/α,β-unsaturated/α-hetero) is 1. The Kier molecular flexibility index (Phi) is 3.71. The number of carbonyl (C=O) groups is 2. The monoisotopic (exact) mass is 387 g/mol. The molecule has 0 amide bonds. The van der Waals surface area contributed by atoms with Crippen LogP contribution in [-0.4, -0.2) is 16.7 Å². The summed E-state index contributed by atoms with van der Waals surface area (Å²) in [5.74, 6) is -0.239. The molecule has 0 unspecified atom stereocenters. The number of fused-ring (bicyclic) bond motifs is 4. The number of H-pyrrole nitrogens is 1. The van der Waals surface area contributed by atoms with E-state index < -0.39 is 11.9 Å². The average Bonchev–Trinajstić information content (AvgIpc) is 3.03. The number of para-hydroxylation sites is 1. The minimum atomic E-state index is -0.570. The first-order valence-electron chi connectivity index (χ1n) is 9.33. The summed E-state index contributed by atoms with van der Waals surface area (Å²) in [7, 11) is 0. The Morgan fingerprint density at radius 2 is 1.83 bits per heavy atom. The average molecular weight is 387 g/mol. The van der Waals surface area contributed by atoms with Crippen LogP contribution in [0.5, 0.6) is 11.5 Å². The van der Waals surface area contributed by atoms with Crippen molar-refractivity contribution >= 4 is 22.7 Å². The van der Waals surface area contributed by atoms with E-state index in [4.69, 9.17) is 9.47 Å². The van der Waals surface area contributed by atoms with Gasteiger partial charge in [-0.25, -0.2) is 0 Å². The molecule has 0 aliphatic carbocycles. The number of aromatic nitrogens is 1. The third-order valence-corrected chi connectivity index (χ3v) is 5.37. The van der Waals surface area contributed by atoms with E-state index in [-0.39, 0.29) is 23.5 Å². The predicted octanol–water partition coefficient (Wildman–Crippen LogP) is 3.84. The standard InChI is InChI=1S/C23H17NO5/c1-11(2)21-20(26)13-7-8-17-19(22(13)29-21)14(10-18(25)28-17)15-9-12-5-3-4-6-16(12)24-23(15)27/h3-9,14H,10H2,1-2H3,(H,24,27)/t14-/m1/s1. The number of esters is 1. The fraction of sp³-hybridized carbons (Fsp3) is 0.174. The van der Waals surface area contributed by atoms with E-state index in [9.17, 15) is 14.4 Å². The first kappa shape index (κ1) is 17.4. The number of ether oxygens (including phenoxy) is 2. The zero-order valence-electron chi connectivity index (χ0n) is 15.9. The molecule has 1 aromatic heterocycles. The molecule has 0 spiro atoms. The third-order valence-electron chi connectivity index (χ3n) is 5.37. The lowest BCUT2D eigenvalue weighted by atomic mass is 9.85.